The molecule has 4 aliphatic carbocycles. The number of pyridine rings is 5. The fraction of sp³-hybridized carbons (Fsp3) is 0.0982. The zero-order chi connectivity index (χ0) is 80.0. The van der Waals surface area contributed by atoms with E-state index in [1.54, 1.807) is 0 Å². The number of hydrogen-bond donors (Lipinski definition) is 0. The summed E-state index contributed by atoms with van der Waals surface area (Å²) >= 11 is 0. The molecule has 566 valence electrons. The monoisotopic (exact) mass is 1530 g/mol. The zero-order valence-corrected chi connectivity index (χ0v) is 67.3. The summed E-state index contributed by atoms with van der Waals surface area (Å²) in [5.74, 6) is 2.78. The molecule has 119 heavy (non-hydrogen) atoms. The van der Waals surface area contributed by atoms with Gasteiger partial charge < -0.3 is 4.74 Å². The number of anilines is 3. The van der Waals surface area contributed by atoms with Gasteiger partial charge in [-0.05, 0) is 208 Å². The third-order valence-corrected chi connectivity index (χ3v) is 26.2. The molecular weight excluding hydrogens is 1450 g/mol. The van der Waals surface area contributed by atoms with Gasteiger partial charge >= 0.3 is 0 Å². The Labute approximate surface area is 693 Å². The number of allylic oxidation sites excluding steroid dienone is 4. The van der Waals surface area contributed by atoms with Gasteiger partial charge in [0.15, 0.2) is 0 Å². The molecule has 7 nitrogen and oxygen atoms in total. The van der Waals surface area contributed by atoms with Gasteiger partial charge in [0.05, 0.1) is 45.1 Å². The number of rotatable bonds is 5. The highest BCUT2D eigenvalue weighted by atomic mass is 16.5. The van der Waals surface area contributed by atoms with Gasteiger partial charge in [-0.2, -0.15) is 0 Å². The lowest BCUT2D eigenvalue weighted by molar-refractivity contribution is 0.521. The highest BCUT2D eigenvalue weighted by molar-refractivity contribution is 6.19. The Morgan fingerprint density at radius 3 is 1.51 bits per heavy atom. The minimum Gasteiger partial charge on any atom is -0.456 e. The summed E-state index contributed by atoms with van der Waals surface area (Å²) in [4.78, 5) is 26.9. The molecule has 5 aromatic heterocycles. The van der Waals surface area contributed by atoms with Crippen molar-refractivity contribution < 1.29 is 4.74 Å². The molecule has 0 saturated heterocycles. The predicted octanol–water partition coefficient (Wildman–Crippen LogP) is 28.1. The second-order valence-corrected chi connectivity index (χ2v) is 33.7. The molecular formula is C112H82N6O. The largest absolute Gasteiger partial charge is 0.456 e. The molecule has 18 aromatic rings. The van der Waals surface area contributed by atoms with Crippen LogP contribution in [-0.4, -0.2) is 24.9 Å². The Morgan fingerprint density at radius 2 is 0.807 bits per heavy atom. The van der Waals surface area contributed by atoms with E-state index in [9.17, 15) is 0 Å². The van der Waals surface area contributed by atoms with Crippen LogP contribution in [0.25, 0.3) is 133 Å². The van der Waals surface area contributed by atoms with E-state index in [0.717, 1.165) is 90.0 Å². The third-order valence-electron chi connectivity index (χ3n) is 26.2. The molecule has 0 spiro atoms. The van der Waals surface area contributed by atoms with Crippen LogP contribution in [-0.2, 0) is 21.7 Å². The van der Waals surface area contributed by atoms with Gasteiger partial charge in [0, 0.05) is 96.3 Å². The van der Waals surface area contributed by atoms with E-state index in [-0.39, 0.29) is 16.2 Å². The van der Waals surface area contributed by atoms with Crippen molar-refractivity contribution in [2.75, 3.05) is 4.90 Å². The fourth-order valence-corrected chi connectivity index (χ4v) is 20.8. The molecule has 0 fully saturated rings. The number of hydrogen-bond acceptors (Lipinski definition) is 7. The summed E-state index contributed by atoms with van der Waals surface area (Å²) in [5.41, 5.74) is 35.2. The molecule has 2 aliphatic heterocycles. The maximum Gasteiger partial charge on any atom is 0.145 e. The normalized spacial score (nSPS) is 16.0. The van der Waals surface area contributed by atoms with Crippen molar-refractivity contribution >= 4 is 94.0 Å². The number of para-hydroxylation sites is 2. The van der Waals surface area contributed by atoms with Crippen LogP contribution in [0, 0.1) is 0 Å². The van der Waals surface area contributed by atoms with Crippen LogP contribution in [0.5, 0.6) is 5.75 Å². The quantitative estimate of drug-likeness (QED) is 0.170. The lowest BCUT2D eigenvalue weighted by Crippen LogP contribution is -2.25. The van der Waals surface area contributed by atoms with E-state index >= 15 is 0 Å². The zero-order valence-electron chi connectivity index (χ0n) is 67.3. The summed E-state index contributed by atoms with van der Waals surface area (Å²) in [6, 6.07) is 124. The van der Waals surface area contributed by atoms with E-state index in [4.69, 9.17) is 29.7 Å². The van der Waals surface area contributed by atoms with Gasteiger partial charge in [0.2, 0.25) is 0 Å². The second kappa shape index (κ2) is 27.3. The smallest absolute Gasteiger partial charge is 0.145 e. The number of nitrogens with zero attached hydrogens (tertiary/aromatic N) is 6. The molecule has 6 aliphatic rings. The van der Waals surface area contributed by atoms with Crippen LogP contribution in [0.4, 0.5) is 17.2 Å². The van der Waals surface area contributed by atoms with Gasteiger partial charge in [0.1, 0.15) is 17.3 Å². The summed E-state index contributed by atoms with van der Waals surface area (Å²) in [7, 11) is 0. The maximum atomic E-state index is 6.87. The average Bonchev–Trinajstić information content (AvgIpc) is 1.54. The van der Waals surface area contributed by atoms with Crippen molar-refractivity contribution in [3.63, 3.8) is 0 Å². The van der Waals surface area contributed by atoms with Crippen LogP contribution in [0.15, 0.2) is 371 Å². The molecule has 24 rings (SSSR count). The first-order valence-electron chi connectivity index (χ1n) is 41.3. The molecule has 0 bridgehead atoms. The van der Waals surface area contributed by atoms with Crippen LogP contribution in [0.1, 0.15) is 115 Å². The molecule has 0 N–H and O–H groups in total. The minimum atomic E-state index is -0.429. The number of benzene rings is 13. The van der Waals surface area contributed by atoms with Crippen molar-refractivity contribution in [1.82, 2.24) is 24.9 Å². The Hall–Kier alpha value is -14.5. The van der Waals surface area contributed by atoms with Crippen molar-refractivity contribution in [1.29, 1.82) is 0 Å². The second-order valence-electron chi connectivity index (χ2n) is 33.7. The SMILES string of the molecule is CC1(C)C2=C(c3ccccc3-c3ccc(-c4ccccn4)cc31)C(C)(C)c1cc(-c3ccccn3)c3ccccc3c12.CC1(C)C2=C(c3ccccc3N(c3ccc(-c4ccccn4)c4ccccc34)c3nc4ccccc4cc32)c2ccccc21.CC1(c2ccccn2)C2=C(Oc3ccc4ccccc4c3-c3ccccc32)c2ccccc21. The van der Waals surface area contributed by atoms with E-state index in [2.05, 4.69) is 369 Å². The number of ether oxygens (including phenoxy) is 1. The summed E-state index contributed by atoms with van der Waals surface area (Å²) in [5, 5.41) is 8.43. The van der Waals surface area contributed by atoms with Crippen molar-refractivity contribution in [3.05, 3.63) is 437 Å². The molecule has 7 heteroatoms. The van der Waals surface area contributed by atoms with E-state index in [1.807, 2.05) is 55.1 Å². The Morgan fingerprint density at radius 1 is 0.277 bits per heavy atom. The molecule has 13 aromatic carbocycles. The Balaban J connectivity index is 0.000000109. The molecule has 1 unspecified atom stereocenters. The standard InChI is InChI=1S/C41H29N3.C40H32N2.C31H21NO/c1-41(2)33-18-8-6-16-30(33)38-31-17-7-10-21-36(31)44(40-32(39(38)41)25-26-13-3-9-19-34(26)43-40)37-23-22-28(35-20-11-12-24-42-35)27-14-4-5-15-29(27)37;1-39(2)32-23-25(34-17-9-11-21-41-34)19-20-28(32)26-13-6-8-16-30(26)37-38(39)36-29-15-7-5-14-27(29)31(24-33(36)40(37,3)4)35-18-10-12-22-42-35;1-31(27-16-8-9-19-32-27)25-15-7-6-14-24(25)30-29(31)23-13-5-4-12-22(23)28-21-11-3-2-10-20(21)17-18-26(28)33-30/h3-25H,1-2H3;5-24H,1-4H3;2-19H,1H3. The molecule has 0 amide bonds. The Kier molecular flexibility index (Phi) is 16.3. The summed E-state index contributed by atoms with van der Waals surface area (Å²) in [6.45, 7) is 16.7. The molecule has 0 radical (unpaired) electrons. The lowest BCUT2D eigenvalue weighted by Gasteiger charge is -2.31. The molecule has 0 saturated carbocycles. The van der Waals surface area contributed by atoms with Crippen molar-refractivity contribution in [2.45, 2.75) is 70.1 Å². The first-order valence-corrected chi connectivity index (χ1v) is 41.3. The van der Waals surface area contributed by atoms with Crippen LogP contribution >= 0.6 is 0 Å². The summed E-state index contributed by atoms with van der Waals surface area (Å²) < 4.78 is 6.87. The molecule has 1 atom stereocenters. The van der Waals surface area contributed by atoms with Gasteiger partial charge in [-0.3, -0.25) is 24.8 Å². The van der Waals surface area contributed by atoms with E-state index in [0.29, 0.717) is 0 Å². The maximum absolute atomic E-state index is 6.87. The van der Waals surface area contributed by atoms with Crippen LogP contribution < -0.4 is 9.64 Å². The fourth-order valence-electron chi connectivity index (χ4n) is 20.8. The first kappa shape index (κ1) is 71.0. The highest BCUT2D eigenvalue weighted by Crippen LogP contribution is 2.65. The lowest BCUT2D eigenvalue weighted by atomic mass is 9.72. The minimum absolute atomic E-state index is 0.209. The predicted molar refractivity (Wildman–Crippen MR) is 492 cm³/mol. The number of aromatic nitrogens is 5. The number of fused-ring (bicyclic) bond motifs is 24. The van der Waals surface area contributed by atoms with Gasteiger partial charge in [-0.15, -0.1) is 0 Å². The van der Waals surface area contributed by atoms with E-state index in [1.165, 1.54) is 133 Å². The summed E-state index contributed by atoms with van der Waals surface area (Å²) in [6.07, 6.45) is 7.52. The average molecular weight is 1530 g/mol. The van der Waals surface area contributed by atoms with Crippen LogP contribution in [0.2, 0.25) is 0 Å². The Bertz CT molecular complexity index is 7360. The van der Waals surface area contributed by atoms with Gasteiger partial charge in [-0.1, -0.05) is 296 Å². The topological polar surface area (TPSA) is 76.9 Å². The first-order chi connectivity index (χ1) is 58.2. The van der Waals surface area contributed by atoms with E-state index < -0.39 is 5.41 Å². The molecule has 7 heterocycles. The van der Waals surface area contributed by atoms with Gasteiger partial charge in [0.25, 0.3) is 0 Å². The third kappa shape index (κ3) is 10.8. The van der Waals surface area contributed by atoms with Crippen molar-refractivity contribution in [2.24, 2.45) is 0 Å². The van der Waals surface area contributed by atoms with Crippen LogP contribution in [0.3, 0.4) is 0 Å². The highest BCUT2D eigenvalue weighted by Gasteiger charge is 2.51. The van der Waals surface area contributed by atoms with Crippen molar-refractivity contribution in [3.8, 4) is 61.8 Å². The van der Waals surface area contributed by atoms with Gasteiger partial charge in [-0.25, -0.2) is 4.98 Å².